The Bertz CT molecular complexity index is 722. The zero-order valence-electron chi connectivity index (χ0n) is 11.8. The van der Waals surface area contributed by atoms with E-state index in [1.54, 1.807) is 31.2 Å². The Morgan fingerprint density at radius 2 is 1.95 bits per heavy atom. The van der Waals surface area contributed by atoms with Gasteiger partial charge in [-0.25, -0.2) is 9.97 Å². The number of nitrogen functional groups attached to an aromatic ring is 2. The van der Waals surface area contributed by atoms with Crippen molar-refractivity contribution in [2.45, 2.75) is 17.3 Å². The summed E-state index contributed by atoms with van der Waals surface area (Å²) in [6.07, 6.45) is 0. The highest BCUT2D eigenvalue weighted by Gasteiger charge is 2.17. The highest BCUT2D eigenvalue weighted by molar-refractivity contribution is 8.00. The van der Waals surface area contributed by atoms with E-state index in [1.807, 2.05) is 6.07 Å². The van der Waals surface area contributed by atoms with Crippen LogP contribution < -0.4 is 16.8 Å². The lowest BCUT2D eigenvalue weighted by molar-refractivity contribution is -0.115. The summed E-state index contributed by atoms with van der Waals surface area (Å²) >= 11 is 1.14. The summed E-state index contributed by atoms with van der Waals surface area (Å²) in [5.41, 5.74) is 12.1. The first-order valence-electron chi connectivity index (χ1n) is 6.36. The Morgan fingerprint density at radius 1 is 1.32 bits per heavy atom. The molecule has 0 aliphatic rings. The molecule has 112 valence electrons. The Balaban J connectivity index is 2.08. The zero-order chi connectivity index (χ0) is 16.1. The van der Waals surface area contributed by atoms with Crippen LogP contribution in [0.4, 0.5) is 17.3 Å². The first-order valence-corrected chi connectivity index (χ1v) is 7.24. The molecule has 2 aromatic rings. The van der Waals surface area contributed by atoms with Crippen LogP contribution in [0.2, 0.25) is 0 Å². The maximum absolute atomic E-state index is 12.2. The first kappa shape index (κ1) is 15.6. The fraction of sp³-hybridized carbons (Fsp3) is 0.143. The smallest absolute Gasteiger partial charge is 0.237 e. The van der Waals surface area contributed by atoms with Gasteiger partial charge < -0.3 is 16.8 Å². The van der Waals surface area contributed by atoms with Gasteiger partial charge >= 0.3 is 0 Å². The van der Waals surface area contributed by atoms with Gasteiger partial charge in [0.1, 0.15) is 17.7 Å². The van der Waals surface area contributed by atoms with Gasteiger partial charge in [-0.1, -0.05) is 23.9 Å². The summed E-state index contributed by atoms with van der Waals surface area (Å²) in [6, 6.07) is 10.2. The van der Waals surface area contributed by atoms with Crippen LogP contribution in [0.1, 0.15) is 12.5 Å². The number of amides is 1. The molecule has 1 aromatic carbocycles. The van der Waals surface area contributed by atoms with Crippen LogP contribution in [0.3, 0.4) is 0 Å². The molecular formula is C14H14N6OS. The van der Waals surface area contributed by atoms with E-state index < -0.39 is 5.25 Å². The largest absolute Gasteiger partial charge is 0.383 e. The van der Waals surface area contributed by atoms with Gasteiger partial charge in [0.15, 0.2) is 5.16 Å². The minimum atomic E-state index is -0.479. The van der Waals surface area contributed by atoms with Crippen molar-refractivity contribution in [2.75, 3.05) is 16.8 Å². The van der Waals surface area contributed by atoms with Gasteiger partial charge in [-0.3, -0.25) is 4.79 Å². The fourth-order valence-corrected chi connectivity index (χ4v) is 2.45. The number of para-hydroxylation sites is 1. The lowest BCUT2D eigenvalue weighted by atomic mass is 10.2. The van der Waals surface area contributed by atoms with Gasteiger partial charge in [-0.2, -0.15) is 5.26 Å². The van der Waals surface area contributed by atoms with Gasteiger partial charge in [0.2, 0.25) is 5.91 Å². The summed E-state index contributed by atoms with van der Waals surface area (Å²) < 4.78 is 0. The number of aromatic nitrogens is 2. The highest BCUT2D eigenvalue weighted by Crippen LogP contribution is 2.23. The first-order chi connectivity index (χ1) is 10.5. The van der Waals surface area contributed by atoms with Crippen LogP contribution in [-0.2, 0) is 4.79 Å². The fourth-order valence-electron chi connectivity index (χ4n) is 1.65. The van der Waals surface area contributed by atoms with Crippen LogP contribution in [0.5, 0.6) is 0 Å². The molecule has 22 heavy (non-hydrogen) atoms. The molecule has 1 heterocycles. The number of nitrogens with two attached hydrogens (primary N) is 2. The number of hydrogen-bond donors (Lipinski definition) is 3. The molecule has 0 aliphatic carbocycles. The molecule has 0 saturated heterocycles. The minimum Gasteiger partial charge on any atom is -0.383 e. The molecule has 0 aliphatic heterocycles. The van der Waals surface area contributed by atoms with Crippen molar-refractivity contribution in [3.05, 3.63) is 35.9 Å². The number of anilines is 3. The van der Waals surface area contributed by atoms with Crippen LogP contribution in [-0.4, -0.2) is 21.1 Å². The quantitative estimate of drug-likeness (QED) is 0.577. The maximum atomic E-state index is 12.2. The number of rotatable bonds is 4. The van der Waals surface area contributed by atoms with Crippen molar-refractivity contribution in [1.29, 1.82) is 5.26 Å². The number of carbonyl (C=O) groups is 1. The van der Waals surface area contributed by atoms with Crippen LogP contribution in [0, 0.1) is 11.3 Å². The predicted molar refractivity (Wildman–Crippen MR) is 86.0 cm³/mol. The van der Waals surface area contributed by atoms with Gasteiger partial charge in [-0.05, 0) is 19.1 Å². The highest BCUT2D eigenvalue weighted by atomic mass is 32.2. The van der Waals surface area contributed by atoms with Crippen molar-refractivity contribution in [3.8, 4) is 6.07 Å². The van der Waals surface area contributed by atoms with E-state index in [1.165, 1.54) is 6.07 Å². The lowest BCUT2D eigenvalue weighted by Gasteiger charge is -2.12. The molecule has 7 nitrogen and oxygen atoms in total. The third-order valence-electron chi connectivity index (χ3n) is 2.70. The van der Waals surface area contributed by atoms with Crippen LogP contribution in [0.15, 0.2) is 35.5 Å². The molecule has 5 N–H and O–H groups in total. The summed E-state index contributed by atoms with van der Waals surface area (Å²) in [4.78, 5) is 20.2. The Morgan fingerprint density at radius 3 is 2.59 bits per heavy atom. The monoisotopic (exact) mass is 314 g/mol. The molecule has 0 saturated carbocycles. The van der Waals surface area contributed by atoms with Crippen molar-refractivity contribution >= 4 is 35.0 Å². The maximum Gasteiger partial charge on any atom is 0.237 e. The van der Waals surface area contributed by atoms with Gasteiger partial charge in [0, 0.05) is 6.07 Å². The molecular weight excluding hydrogens is 300 g/mol. The lowest BCUT2D eigenvalue weighted by Crippen LogP contribution is -2.23. The van der Waals surface area contributed by atoms with Crippen molar-refractivity contribution in [2.24, 2.45) is 0 Å². The van der Waals surface area contributed by atoms with Gasteiger partial charge in [-0.15, -0.1) is 0 Å². The summed E-state index contributed by atoms with van der Waals surface area (Å²) in [5, 5.41) is 11.6. The van der Waals surface area contributed by atoms with Gasteiger partial charge in [0.05, 0.1) is 16.5 Å². The Hall–Kier alpha value is -2.79. The normalized spacial score (nSPS) is 11.5. The van der Waals surface area contributed by atoms with Gasteiger partial charge in [0.25, 0.3) is 0 Å². The summed E-state index contributed by atoms with van der Waals surface area (Å²) in [6.45, 7) is 1.71. The second kappa shape index (κ2) is 6.78. The molecule has 0 spiro atoms. The van der Waals surface area contributed by atoms with E-state index in [4.69, 9.17) is 16.7 Å². The second-order valence-corrected chi connectivity index (χ2v) is 5.71. The molecule has 0 unspecified atom stereocenters. The van der Waals surface area contributed by atoms with E-state index in [2.05, 4.69) is 15.3 Å². The number of nitrogens with one attached hydrogen (secondary N) is 1. The SMILES string of the molecule is C[C@H](Sc1nc(N)cc(N)n1)C(=O)Nc1ccccc1C#N. The van der Waals surface area contributed by atoms with E-state index >= 15 is 0 Å². The number of nitriles is 1. The van der Waals surface area contributed by atoms with Crippen molar-refractivity contribution < 1.29 is 4.79 Å². The molecule has 0 fully saturated rings. The average Bonchev–Trinajstić information content (AvgIpc) is 2.46. The number of hydrogen-bond acceptors (Lipinski definition) is 7. The van der Waals surface area contributed by atoms with Crippen LogP contribution in [0.25, 0.3) is 0 Å². The van der Waals surface area contributed by atoms with E-state index in [-0.39, 0.29) is 17.5 Å². The second-order valence-electron chi connectivity index (χ2n) is 4.41. The molecule has 1 aromatic heterocycles. The average molecular weight is 314 g/mol. The molecule has 0 radical (unpaired) electrons. The van der Waals surface area contributed by atoms with E-state index in [0.29, 0.717) is 16.4 Å². The molecule has 1 amide bonds. The Labute approximate surface area is 131 Å². The third kappa shape index (κ3) is 3.86. The molecule has 1 atom stereocenters. The number of benzene rings is 1. The third-order valence-corrected chi connectivity index (χ3v) is 3.66. The minimum absolute atomic E-state index is 0.248. The summed E-state index contributed by atoms with van der Waals surface area (Å²) in [5.74, 6) is 0.229. The zero-order valence-corrected chi connectivity index (χ0v) is 12.6. The molecule has 8 heteroatoms. The molecule has 0 bridgehead atoms. The van der Waals surface area contributed by atoms with Crippen LogP contribution >= 0.6 is 11.8 Å². The molecule has 2 rings (SSSR count). The number of nitrogens with zero attached hydrogens (tertiary/aromatic N) is 3. The van der Waals surface area contributed by atoms with E-state index in [0.717, 1.165) is 11.8 Å². The van der Waals surface area contributed by atoms with E-state index in [9.17, 15) is 4.79 Å². The number of carbonyl (C=O) groups excluding carboxylic acids is 1. The topological polar surface area (TPSA) is 131 Å². The Kier molecular flexibility index (Phi) is 4.80. The van der Waals surface area contributed by atoms with Crippen molar-refractivity contribution in [1.82, 2.24) is 9.97 Å². The summed E-state index contributed by atoms with van der Waals surface area (Å²) in [7, 11) is 0. The predicted octanol–water partition coefficient (Wildman–Crippen LogP) is 1.63. The number of thioether (sulfide) groups is 1. The van der Waals surface area contributed by atoms with Crippen molar-refractivity contribution in [3.63, 3.8) is 0 Å². The standard InChI is InChI=1S/C14H14N6OS/c1-8(22-14-19-11(16)6-12(17)20-14)13(21)18-10-5-3-2-4-9(10)7-15/h2-6,8H,1H3,(H,18,21)(H4,16,17,19,20)/t8-/m0/s1.